The van der Waals surface area contributed by atoms with Crippen molar-refractivity contribution in [2.75, 3.05) is 0 Å². The standard InChI is InChI=1S/C13H10OS/c14-8-4-7-12-9-15-10-13(12)11-5-2-1-3-6-11/h1-10H/b7-4+. The largest absolute Gasteiger partial charge is 0.299 e. The molecular formula is C13H10OS. The van der Waals surface area contributed by atoms with E-state index in [1.807, 2.05) is 29.7 Å². The van der Waals surface area contributed by atoms with Gasteiger partial charge in [-0.25, -0.2) is 0 Å². The third-order valence-electron chi connectivity index (χ3n) is 2.13. The molecule has 0 fully saturated rings. The second kappa shape index (κ2) is 4.71. The highest BCUT2D eigenvalue weighted by Gasteiger charge is 2.02. The van der Waals surface area contributed by atoms with Crippen LogP contribution in [0.15, 0.2) is 47.2 Å². The Balaban J connectivity index is 2.41. The molecule has 15 heavy (non-hydrogen) atoms. The molecule has 0 radical (unpaired) electrons. The van der Waals surface area contributed by atoms with Gasteiger partial charge in [-0.3, -0.25) is 4.79 Å². The summed E-state index contributed by atoms with van der Waals surface area (Å²) in [6, 6.07) is 10.2. The van der Waals surface area contributed by atoms with Gasteiger partial charge in [0.1, 0.15) is 6.29 Å². The molecule has 1 aromatic heterocycles. The van der Waals surface area contributed by atoms with Gasteiger partial charge in [-0.05, 0) is 33.5 Å². The molecule has 2 aromatic rings. The predicted molar refractivity (Wildman–Crippen MR) is 64.9 cm³/mol. The second-order valence-corrected chi connectivity index (χ2v) is 3.85. The van der Waals surface area contributed by atoms with Crippen LogP contribution in [-0.4, -0.2) is 6.29 Å². The Labute approximate surface area is 92.7 Å². The van der Waals surface area contributed by atoms with Gasteiger partial charge in [-0.15, -0.1) is 0 Å². The first-order valence-corrected chi connectivity index (χ1v) is 5.59. The minimum absolute atomic E-state index is 0.798. The summed E-state index contributed by atoms with van der Waals surface area (Å²) in [6.45, 7) is 0. The summed E-state index contributed by atoms with van der Waals surface area (Å²) >= 11 is 1.64. The molecule has 1 heterocycles. The Morgan fingerprint density at radius 3 is 2.60 bits per heavy atom. The van der Waals surface area contributed by atoms with Crippen molar-refractivity contribution in [1.82, 2.24) is 0 Å². The molecule has 0 spiro atoms. The predicted octanol–water partition coefficient (Wildman–Crippen LogP) is 3.63. The summed E-state index contributed by atoms with van der Waals surface area (Å²) in [5.74, 6) is 0. The van der Waals surface area contributed by atoms with Crippen molar-refractivity contribution < 1.29 is 4.79 Å². The van der Waals surface area contributed by atoms with Crippen molar-refractivity contribution in [3.63, 3.8) is 0 Å². The van der Waals surface area contributed by atoms with Gasteiger partial charge in [0.2, 0.25) is 0 Å². The Morgan fingerprint density at radius 1 is 1.07 bits per heavy atom. The average molecular weight is 214 g/mol. The quantitative estimate of drug-likeness (QED) is 0.563. The number of carbonyl (C=O) groups excluding carboxylic acids is 1. The van der Waals surface area contributed by atoms with Crippen molar-refractivity contribution in [2.24, 2.45) is 0 Å². The van der Waals surface area contributed by atoms with Crippen LogP contribution in [0.4, 0.5) is 0 Å². The number of carbonyl (C=O) groups is 1. The fourth-order valence-electron chi connectivity index (χ4n) is 1.43. The minimum atomic E-state index is 0.798. The lowest BCUT2D eigenvalue weighted by Gasteiger charge is -1.99. The number of allylic oxidation sites excluding steroid dienone is 1. The fraction of sp³-hybridized carbons (Fsp3) is 0. The first kappa shape index (κ1) is 9.87. The Bertz CT molecular complexity index is 468. The van der Waals surface area contributed by atoms with Gasteiger partial charge in [-0.2, -0.15) is 11.3 Å². The maximum atomic E-state index is 10.3. The molecule has 74 valence electrons. The van der Waals surface area contributed by atoms with Crippen LogP contribution in [0.2, 0.25) is 0 Å². The molecule has 0 saturated heterocycles. The molecule has 2 heteroatoms. The molecule has 0 N–H and O–H groups in total. The Morgan fingerprint density at radius 2 is 1.87 bits per heavy atom. The van der Waals surface area contributed by atoms with Crippen molar-refractivity contribution >= 4 is 23.7 Å². The zero-order valence-corrected chi connectivity index (χ0v) is 8.91. The number of rotatable bonds is 3. The molecule has 0 aliphatic carbocycles. The maximum Gasteiger partial charge on any atom is 0.142 e. The lowest BCUT2D eigenvalue weighted by atomic mass is 10.0. The SMILES string of the molecule is O=C/C=C/c1cscc1-c1ccccc1. The Hall–Kier alpha value is -1.67. The van der Waals surface area contributed by atoms with Crippen molar-refractivity contribution in [1.29, 1.82) is 0 Å². The highest BCUT2D eigenvalue weighted by Crippen LogP contribution is 2.27. The molecule has 0 amide bonds. The van der Waals surface area contributed by atoms with Crippen LogP contribution in [0.5, 0.6) is 0 Å². The molecule has 1 nitrogen and oxygen atoms in total. The molecule has 0 atom stereocenters. The summed E-state index contributed by atoms with van der Waals surface area (Å²) in [6.07, 6.45) is 4.16. The van der Waals surface area contributed by atoms with Crippen molar-refractivity contribution in [3.8, 4) is 11.1 Å². The van der Waals surface area contributed by atoms with E-state index in [4.69, 9.17) is 0 Å². The molecule has 0 aliphatic heterocycles. The van der Waals surface area contributed by atoms with Crippen molar-refractivity contribution in [2.45, 2.75) is 0 Å². The van der Waals surface area contributed by atoms with Crippen LogP contribution >= 0.6 is 11.3 Å². The summed E-state index contributed by atoms with van der Waals surface area (Å²) in [5.41, 5.74) is 3.46. The topological polar surface area (TPSA) is 17.1 Å². The third kappa shape index (κ3) is 2.22. The van der Waals surface area contributed by atoms with E-state index in [1.165, 1.54) is 17.2 Å². The van der Waals surface area contributed by atoms with Gasteiger partial charge in [0.25, 0.3) is 0 Å². The monoisotopic (exact) mass is 214 g/mol. The van der Waals surface area contributed by atoms with Gasteiger partial charge in [-0.1, -0.05) is 36.4 Å². The van der Waals surface area contributed by atoms with Crippen LogP contribution in [0.1, 0.15) is 5.56 Å². The molecule has 1 aromatic carbocycles. The van der Waals surface area contributed by atoms with Gasteiger partial charge in [0.15, 0.2) is 0 Å². The van der Waals surface area contributed by atoms with Crippen molar-refractivity contribution in [3.05, 3.63) is 52.7 Å². The van der Waals surface area contributed by atoms with Gasteiger partial charge in [0, 0.05) is 0 Å². The van der Waals surface area contributed by atoms with E-state index in [1.54, 1.807) is 11.3 Å². The van der Waals surface area contributed by atoms with E-state index in [9.17, 15) is 4.79 Å². The average Bonchev–Trinajstić information content (AvgIpc) is 2.75. The lowest BCUT2D eigenvalue weighted by molar-refractivity contribution is -0.104. The highest BCUT2D eigenvalue weighted by atomic mass is 32.1. The molecule has 0 aliphatic rings. The number of thiophene rings is 1. The summed E-state index contributed by atoms with van der Waals surface area (Å²) in [7, 11) is 0. The van der Waals surface area contributed by atoms with E-state index in [0.29, 0.717) is 0 Å². The zero-order valence-electron chi connectivity index (χ0n) is 8.09. The van der Waals surface area contributed by atoms with Crippen LogP contribution in [0.25, 0.3) is 17.2 Å². The highest BCUT2D eigenvalue weighted by molar-refractivity contribution is 7.08. The zero-order chi connectivity index (χ0) is 10.5. The maximum absolute atomic E-state index is 10.3. The molecule has 0 unspecified atom stereocenters. The van der Waals surface area contributed by atoms with Gasteiger partial charge >= 0.3 is 0 Å². The summed E-state index contributed by atoms with van der Waals surface area (Å²) < 4.78 is 0. The molecule has 2 rings (SSSR count). The lowest BCUT2D eigenvalue weighted by Crippen LogP contribution is -1.76. The van der Waals surface area contributed by atoms with Crippen LogP contribution in [0.3, 0.4) is 0 Å². The minimum Gasteiger partial charge on any atom is -0.299 e. The summed E-state index contributed by atoms with van der Waals surface area (Å²) in [4.78, 5) is 10.3. The molecule has 0 bridgehead atoms. The second-order valence-electron chi connectivity index (χ2n) is 3.10. The fourth-order valence-corrected chi connectivity index (χ4v) is 2.26. The third-order valence-corrected chi connectivity index (χ3v) is 2.89. The summed E-state index contributed by atoms with van der Waals surface area (Å²) in [5, 5.41) is 4.14. The van der Waals surface area contributed by atoms with Crippen LogP contribution < -0.4 is 0 Å². The molecular weight excluding hydrogens is 204 g/mol. The van der Waals surface area contributed by atoms with E-state index in [0.717, 1.165) is 11.8 Å². The van der Waals surface area contributed by atoms with E-state index in [2.05, 4.69) is 17.5 Å². The van der Waals surface area contributed by atoms with E-state index >= 15 is 0 Å². The molecule has 0 saturated carbocycles. The van der Waals surface area contributed by atoms with Gasteiger partial charge in [0.05, 0.1) is 0 Å². The van der Waals surface area contributed by atoms with E-state index in [-0.39, 0.29) is 0 Å². The number of benzene rings is 1. The van der Waals surface area contributed by atoms with Gasteiger partial charge < -0.3 is 0 Å². The smallest absolute Gasteiger partial charge is 0.142 e. The number of hydrogen-bond donors (Lipinski definition) is 0. The number of aldehydes is 1. The first-order valence-electron chi connectivity index (χ1n) is 4.65. The first-order chi connectivity index (χ1) is 7.42. The van der Waals surface area contributed by atoms with Crippen LogP contribution in [0, 0.1) is 0 Å². The number of hydrogen-bond acceptors (Lipinski definition) is 2. The normalized spacial score (nSPS) is 10.7. The van der Waals surface area contributed by atoms with E-state index < -0.39 is 0 Å². The van der Waals surface area contributed by atoms with Crippen LogP contribution in [-0.2, 0) is 4.79 Å². The Kier molecular flexibility index (Phi) is 3.10.